The monoisotopic (exact) mass is 1150 g/mol. The molecule has 3 N–H and O–H groups in total. The zero-order chi connectivity index (χ0) is 55.0. The second-order valence-corrected chi connectivity index (χ2v) is 26.6. The van der Waals surface area contributed by atoms with Crippen LogP contribution in [0, 0.1) is 18.3 Å². The quantitative estimate of drug-likeness (QED) is 0.101. The van der Waals surface area contributed by atoms with Crippen molar-refractivity contribution < 1.29 is 23.9 Å². The molecule has 4 atom stereocenters. The highest BCUT2D eigenvalue weighted by Crippen LogP contribution is 2.53. The maximum Gasteiger partial charge on any atom is 0.281 e. The summed E-state index contributed by atoms with van der Waals surface area (Å²) in [5, 5.41) is 26.8. The van der Waals surface area contributed by atoms with Crippen molar-refractivity contribution >= 4 is 55.9 Å². The van der Waals surface area contributed by atoms with Crippen LogP contribution in [0.1, 0.15) is 162 Å². The smallest absolute Gasteiger partial charge is 0.281 e. The number of rotatable bonds is 13. The first-order valence-electron chi connectivity index (χ1n) is 28.7. The van der Waals surface area contributed by atoms with Crippen molar-refractivity contribution in [3.63, 3.8) is 0 Å². The molecule has 6 aliphatic rings. The number of amides is 3. The van der Waals surface area contributed by atoms with Gasteiger partial charge in [-0.1, -0.05) is 87.7 Å². The lowest BCUT2D eigenvalue weighted by Gasteiger charge is -2.37. The van der Waals surface area contributed by atoms with Crippen LogP contribution in [-0.4, -0.2) is 112 Å². The van der Waals surface area contributed by atoms with E-state index in [1.165, 1.54) is 28.1 Å². The van der Waals surface area contributed by atoms with E-state index < -0.39 is 53.0 Å². The number of halogens is 2. The van der Waals surface area contributed by atoms with Crippen LogP contribution < -0.4 is 16.2 Å². The number of carbonyl (C=O) groups is 3. The van der Waals surface area contributed by atoms with Crippen LogP contribution >= 0.6 is 27.3 Å². The number of benzene rings is 3. The zero-order valence-electron chi connectivity index (χ0n) is 45.7. The SMILES string of the molecule is Cc1ncsc1-c1ccc([C@H](Cn2cc(C3CCC(CN4CCC(c5ccc6c(c5)C5(CCCCC5)c5nc(=O)c7c(Br)cccc7n5-6)CC4)CC3)nn2)NC(=O)[C@@H]2C[C@@H](O)CN2C(=O)[C@@H](NC(=O)C2(F)CC2)C(C)(C)C)cc1. The topological polar surface area (TPSA) is 180 Å². The number of aliphatic hydroxyl groups is 1. The van der Waals surface area contributed by atoms with Gasteiger partial charge in [-0.15, -0.1) is 16.4 Å². The first-order chi connectivity index (χ1) is 38.0. The number of hydrogen-bond acceptors (Lipinski definition) is 11. The summed E-state index contributed by atoms with van der Waals surface area (Å²) in [6, 6.07) is 18.5. The molecule has 79 heavy (non-hydrogen) atoms. The summed E-state index contributed by atoms with van der Waals surface area (Å²) in [5.41, 5.74) is 7.28. The van der Waals surface area contributed by atoms with Gasteiger partial charge in [-0.25, -0.2) is 14.1 Å². The summed E-state index contributed by atoms with van der Waals surface area (Å²) in [7, 11) is 0. The van der Waals surface area contributed by atoms with Gasteiger partial charge in [-0.05, 0) is 158 Å². The number of nitrogens with one attached hydrogen (secondary N) is 2. The Labute approximate surface area is 473 Å². The second kappa shape index (κ2) is 21.3. The summed E-state index contributed by atoms with van der Waals surface area (Å²) in [5.74, 6) is 0.517. The Morgan fingerprint density at radius 1 is 0.924 bits per heavy atom. The summed E-state index contributed by atoms with van der Waals surface area (Å²) < 4.78 is 19.7. The number of likely N-dealkylation sites (tertiary alicyclic amines) is 2. The highest BCUT2D eigenvalue weighted by molar-refractivity contribution is 9.10. The molecule has 2 saturated heterocycles. The van der Waals surface area contributed by atoms with E-state index in [0.29, 0.717) is 17.2 Å². The number of alkyl halides is 1. The number of carbonyl (C=O) groups excluding carboxylic acids is 3. The van der Waals surface area contributed by atoms with Crippen molar-refractivity contribution in [3.8, 4) is 16.1 Å². The molecule has 3 aromatic heterocycles. The van der Waals surface area contributed by atoms with Crippen molar-refractivity contribution in [2.75, 3.05) is 26.2 Å². The fourth-order valence-electron chi connectivity index (χ4n) is 13.8. The van der Waals surface area contributed by atoms with Crippen LogP contribution in [0.3, 0.4) is 0 Å². The van der Waals surface area contributed by atoms with Gasteiger partial charge in [-0.3, -0.25) is 23.7 Å². The van der Waals surface area contributed by atoms with Gasteiger partial charge in [-0.2, -0.15) is 4.98 Å². The normalized spacial score (nSPS) is 23.6. The van der Waals surface area contributed by atoms with Crippen molar-refractivity contribution in [1.29, 1.82) is 0 Å². The van der Waals surface area contributed by atoms with E-state index in [2.05, 4.69) is 70.5 Å². The van der Waals surface area contributed by atoms with E-state index in [9.17, 15) is 28.7 Å². The van der Waals surface area contributed by atoms with Crippen LogP contribution in [0.15, 0.2) is 81.6 Å². The number of hydrogen-bond donors (Lipinski definition) is 3. The minimum atomic E-state index is -1.98. The molecule has 12 rings (SSSR count). The third-order valence-electron chi connectivity index (χ3n) is 18.5. The molecule has 0 unspecified atom stereocenters. The molecule has 6 aromatic rings. The summed E-state index contributed by atoms with van der Waals surface area (Å²) in [6.45, 7) is 10.8. The summed E-state index contributed by atoms with van der Waals surface area (Å²) in [4.78, 5) is 69.6. The van der Waals surface area contributed by atoms with Gasteiger partial charge in [0, 0.05) is 36.1 Å². The molecular formula is C61H72BrFN10O5S. The first-order valence-corrected chi connectivity index (χ1v) is 30.4. The molecule has 15 nitrogen and oxygen atoms in total. The van der Waals surface area contributed by atoms with Crippen molar-refractivity contribution in [2.24, 2.45) is 11.3 Å². The number of aromatic nitrogens is 6. The third kappa shape index (κ3) is 10.4. The van der Waals surface area contributed by atoms with E-state index in [1.54, 1.807) is 36.8 Å². The van der Waals surface area contributed by atoms with E-state index in [4.69, 9.17) is 10.1 Å². The number of aryl methyl sites for hydroxylation is 1. The fourth-order valence-corrected chi connectivity index (χ4v) is 15.2. The maximum absolute atomic E-state index is 14.9. The highest BCUT2D eigenvalue weighted by atomic mass is 79.9. The molecule has 0 radical (unpaired) electrons. The number of piperidine rings is 1. The Morgan fingerprint density at radius 2 is 1.67 bits per heavy atom. The number of fused-ring (bicyclic) bond motifs is 7. The summed E-state index contributed by atoms with van der Waals surface area (Å²) >= 11 is 5.22. The lowest BCUT2D eigenvalue weighted by Crippen LogP contribution is -2.59. The average Bonchev–Trinajstić information content (AvgIpc) is 3.95. The van der Waals surface area contributed by atoms with Crippen LogP contribution in [-0.2, 0) is 26.3 Å². The van der Waals surface area contributed by atoms with E-state index >= 15 is 0 Å². The minimum absolute atomic E-state index is 0.0205. The first kappa shape index (κ1) is 53.9. The van der Waals surface area contributed by atoms with E-state index in [0.717, 1.165) is 127 Å². The average molecular weight is 1160 g/mol. The van der Waals surface area contributed by atoms with Gasteiger partial charge >= 0.3 is 0 Å². The molecule has 3 aliphatic heterocycles. The molecule has 416 valence electrons. The molecule has 3 saturated carbocycles. The molecule has 0 bridgehead atoms. The third-order valence-corrected chi connectivity index (χ3v) is 20.2. The van der Waals surface area contributed by atoms with Crippen LogP contribution in [0.4, 0.5) is 4.39 Å². The molecule has 5 fully saturated rings. The molecule has 18 heteroatoms. The molecular weight excluding hydrogens is 1080 g/mol. The predicted molar refractivity (Wildman–Crippen MR) is 306 cm³/mol. The Hall–Kier alpha value is -5.69. The summed E-state index contributed by atoms with van der Waals surface area (Å²) in [6.07, 6.45) is 13.4. The molecule has 1 spiro atoms. The highest BCUT2D eigenvalue weighted by Gasteiger charge is 2.54. The van der Waals surface area contributed by atoms with Crippen LogP contribution in [0.5, 0.6) is 0 Å². The van der Waals surface area contributed by atoms with E-state index in [1.807, 2.05) is 55.0 Å². The fraction of sp³-hybridized carbons (Fsp3) is 0.541. The lowest BCUT2D eigenvalue weighted by atomic mass is 9.69. The number of aliphatic hydroxyl groups excluding tert-OH is 1. The van der Waals surface area contributed by atoms with Crippen molar-refractivity contribution in [1.82, 2.24) is 50.0 Å². The zero-order valence-corrected chi connectivity index (χ0v) is 48.1. The largest absolute Gasteiger partial charge is 0.391 e. The molecule has 3 aliphatic carbocycles. The standard InChI is InChI=1S/C61H72BrFN10O5S/c1-36-52(79-35-64-36)41-17-15-39(16-18-41)46(65-54(75)50-30-43(74)32-72(50)56(77)53(59(2,3)4)66-58(78)61(63)25-26-61)33-71-34-47(68-69-71)40-13-11-37(12-14-40)31-70-27-21-38(22-28-70)42-19-20-48-44(29-42)60(23-6-5-7-24-60)57-67-55(76)51-45(62)9-8-10-49(51)73(48)57/h8-10,15-20,29,34-35,37-38,40,43,46,50,53,74H,5-7,11-14,21-28,30-33H2,1-4H3,(H,65,75)(H,66,78)/t37?,40?,43-,46+,50+,53-/m1/s1. The predicted octanol–water partition coefficient (Wildman–Crippen LogP) is 9.74. The van der Waals surface area contributed by atoms with Gasteiger partial charge in [0.2, 0.25) is 11.8 Å². The second-order valence-electron chi connectivity index (χ2n) is 24.9. The number of nitrogens with zero attached hydrogens (tertiary/aromatic N) is 8. The van der Waals surface area contributed by atoms with Crippen molar-refractivity contribution in [2.45, 2.75) is 171 Å². The Kier molecular flexibility index (Phi) is 14.6. The van der Waals surface area contributed by atoms with Gasteiger partial charge in [0.25, 0.3) is 11.5 Å². The lowest BCUT2D eigenvalue weighted by molar-refractivity contribution is -0.145. The van der Waals surface area contributed by atoms with Gasteiger partial charge in [0.05, 0.1) is 62.5 Å². The number of β-amino-alcohol motifs (C(OH)–C–C–N with tert-alkyl or cyclic N) is 1. The van der Waals surface area contributed by atoms with Gasteiger partial charge in [0.1, 0.15) is 17.9 Å². The van der Waals surface area contributed by atoms with Gasteiger partial charge < -0.3 is 25.5 Å². The maximum atomic E-state index is 14.9. The van der Waals surface area contributed by atoms with Crippen LogP contribution in [0.25, 0.3) is 27.0 Å². The minimum Gasteiger partial charge on any atom is -0.391 e. The Bertz CT molecular complexity index is 3350. The van der Waals surface area contributed by atoms with Crippen molar-refractivity contribution in [3.05, 3.63) is 121 Å². The van der Waals surface area contributed by atoms with E-state index in [-0.39, 0.29) is 49.2 Å². The Morgan fingerprint density at radius 3 is 2.37 bits per heavy atom. The molecule has 3 aromatic carbocycles. The Balaban J connectivity index is 0.687. The number of thiazole rings is 1. The molecule has 6 heterocycles. The van der Waals surface area contributed by atoms with Crippen LogP contribution in [0.2, 0.25) is 0 Å². The molecule has 3 amide bonds. The van der Waals surface area contributed by atoms with Gasteiger partial charge in [0.15, 0.2) is 5.67 Å².